The fourth-order valence-corrected chi connectivity index (χ4v) is 3.14. The Balaban J connectivity index is 2.85. The standard InChI is InChI=1S/C17H27N3O4S/c1-8-24-15(22)13-10(2)11(3)25-14(13)18-16(23)20(7)9-12(21)19-17(4,5)6/h8-9H2,1-7H3,(H,18,23)(H,19,21). The van der Waals surface area contributed by atoms with Gasteiger partial charge < -0.3 is 15.0 Å². The number of amides is 3. The number of carbonyl (C=O) groups excluding carboxylic acids is 3. The summed E-state index contributed by atoms with van der Waals surface area (Å²) < 4.78 is 5.06. The molecular weight excluding hydrogens is 342 g/mol. The Hall–Kier alpha value is -2.09. The minimum atomic E-state index is -0.465. The zero-order valence-corrected chi connectivity index (χ0v) is 16.7. The highest BCUT2D eigenvalue weighted by molar-refractivity contribution is 7.16. The highest BCUT2D eigenvalue weighted by Crippen LogP contribution is 2.33. The summed E-state index contributed by atoms with van der Waals surface area (Å²) in [7, 11) is 1.52. The van der Waals surface area contributed by atoms with Crippen molar-refractivity contribution in [3.8, 4) is 0 Å². The first-order valence-electron chi connectivity index (χ1n) is 8.06. The van der Waals surface area contributed by atoms with Crippen molar-refractivity contribution in [2.24, 2.45) is 0 Å². The number of nitrogens with one attached hydrogen (secondary N) is 2. The summed E-state index contributed by atoms with van der Waals surface area (Å²) in [6.07, 6.45) is 0. The van der Waals surface area contributed by atoms with Crippen LogP contribution in [0.5, 0.6) is 0 Å². The highest BCUT2D eigenvalue weighted by atomic mass is 32.1. The lowest BCUT2D eigenvalue weighted by Gasteiger charge is -2.23. The molecule has 0 aliphatic heterocycles. The molecule has 1 aromatic heterocycles. The van der Waals surface area contributed by atoms with Crippen molar-refractivity contribution in [3.63, 3.8) is 0 Å². The van der Waals surface area contributed by atoms with Crippen LogP contribution in [-0.4, -0.2) is 48.5 Å². The first kappa shape index (κ1) is 21.0. The van der Waals surface area contributed by atoms with Gasteiger partial charge in [0.25, 0.3) is 0 Å². The molecule has 3 amide bonds. The molecule has 140 valence electrons. The van der Waals surface area contributed by atoms with Gasteiger partial charge in [0.15, 0.2) is 0 Å². The van der Waals surface area contributed by atoms with Crippen molar-refractivity contribution in [1.82, 2.24) is 10.2 Å². The average molecular weight is 369 g/mol. The number of carbonyl (C=O) groups is 3. The Morgan fingerprint density at radius 1 is 1.20 bits per heavy atom. The van der Waals surface area contributed by atoms with Gasteiger partial charge >= 0.3 is 12.0 Å². The van der Waals surface area contributed by atoms with E-state index in [4.69, 9.17) is 4.74 Å². The predicted octanol–water partition coefficient (Wildman–Crippen LogP) is 2.92. The lowest BCUT2D eigenvalue weighted by molar-refractivity contribution is -0.122. The van der Waals surface area contributed by atoms with Crippen molar-refractivity contribution in [2.75, 3.05) is 25.5 Å². The van der Waals surface area contributed by atoms with Crippen LogP contribution in [0, 0.1) is 13.8 Å². The van der Waals surface area contributed by atoms with Gasteiger partial charge in [0, 0.05) is 17.5 Å². The molecule has 25 heavy (non-hydrogen) atoms. The monoisotopic (exact) mass is 369 g/mol. The lowest BCUT2D eigenvalue weighted by Crippen LogP contribution is -2.47. The van der Waals surface area contributed by atoms with E-state index >= 15 is 0 Å². The smallest absolute Gasteiger partial charge is 0.341 e. The number of urea groups is 1. The predicted molar refractivity (Wildman–Crippen MR) is 99.3 cm³/mol. The molecule has 0 bridgehead atoms. The Kier molecular flexibility index (Phi) is 6.98. The Morgan fingerprint density at radius 3 is 2.32 bits per heavy atom. The SMILES string of the molecule is CCOC(=O)c1c(NC(=O)N(C)CC(=O)NC(C)(C)C)sc(C)c1C. The molecule has 7 nitrogen and oxygen atoms in total. The van der Waals surface area contributed by atoms with E-state index in [1.807, 2.05) is 34.6 Å². The number of nitrogens with zero attached hydrogens (tertiary/aromatic N) is 1. The normalized spacial score (nSPS) is 11.0. The maximum absolute atomic E-state index is 12.4. The van der Waals surface area contributed by atoms with E-state index in [1.54, 1.807) is 6.92 Å². The average Bonchev–Trinajstić information content (AvgIpc) is 2.71. The fraction of sp³-hybridized carbons (Fsp3) is 0.588. The van der Waals surface area contributed by atoms with E-state index in [0.717, 1.165) is 10.4 Å². The largest absolute Gasteiger partial charge is 0.462 e. The van der Waals surface area contributed by atoms with Crippen molar-refractivity contribution in [3.05, 3.63) is 16.0 Å². The number of hydrogen-bond acceptors (Lipinski definition) is 5. The molecule has 0 aromatic carbocycles. The number of likely N-dealkylation sites (N-methyl/N-ethyl adjacent to an activating group) is 1. The highest BCUT2D eigenvalue weighted by Gasteiger charge is 2.24. The van der Waals surface area contributed by atoms with Crippen LogP contribution >= 0.6 is 11.3 Å². The number of aryl methyl sites for hydroxylation is 1. The van der Waals surface area contributed by atoms with Crippen molar-refractivity contribution < 1.29 is 19.1 Å². The number of esters is 1. The summed E-state index contributed by atoms with van der Waals surface area (Å²) in [5.74, 6) is -0.720. The quantitative estimate of drug-likeness (QED) is 0.781. The van der Waals surface area contributed by atoms with E-state index < -0.39 is 12.0 Å². The minimum Gasteiger partial charge on any atom is -0.462 e. The Labute approximate surface area is 152 Å². The molecular formula is C17H27N3O4S. The summed E-state index contributed by atoms with van der Waals surface area (Å²) >= 11 is 1.31. The summed E-state index contributed by atoms with van der Waals surface area (Å²) in [5.41, 5.74) is 0.783. The van der Waals surface area contributed by atoms with Crippen molar-refractivity contribution in [1.29, 1.82) is 0 Å². The molecule has 1 heterocycles. The van der Waals surface area contributed by atoms with Gasteiger partial charge in [0.2, 0.25) is 5.91 Å². The molecule has 0 saturated carbocycles. The van der Waals surface area contributed by atoms with E-state index in [2.05, 4.69) is 10.6 Å². The number of anilines is 1. The molecule has 0 aliphatic carbocycles. The Bertz CT molecular complexity index is 662. The summed E-state index contributed by atoms with van der Waals surface area (Å²) in [4.78, 5) is 38.6. The third-order valence-corrected chi connectivity index (χ3v) is 4.45. The molecule has 0 atom stereocenters. The van der Waals surface area contributed by atoms with Gasteiger partial charge in [0.1, 0.15) is 11.5 Å². The maximum Gasteiger partial charge on any atom is 0.341 e. The first-order valence-corrected chi connectivity index (χ1v) is 8.88. The van der Waals surface area contributed by atoms with Crippen LogP contribution in [-0.2, 0) is 9.53 Å². The molecule has 0 unspecified atom stereocenters. The van der Waals surface area contributed by atoms with E-state index in [-0.39, 0.29) is 24.6 Å². The van der Waals surface area contributed by atoms with Gasteiger partial charge in [-0.3, -0.25) is 10.1 Å². The number of thiophene rings is 1. The molecule has 0 spiro atoms. The lowest BCUT2D eigenvalue weighted by atomic mass is 10.1. The molecule has 0 fully saturated rings. The van der Waals surface area contributed by atoms with Crippen LogP contribution in [0.1, 0.15) is 48.5 Å². The van der Waals surface area contributed by atoms with Gasteiger partial charge in [0.05, 0.1) is 12.2 Å². The van der Waals surface area contributed by atoms with Gasteiger partial charge in [-0.2, -0.15) is 0 Å². The van der Waals surface area contributed by atoms with Gasteiger partial charge in [-0.1, -0.05) is 0 Å². The third kappa shape index (κ3) is 6.04. The summed E-state index contributed by atoms with van der Waals surface area (Å²) in [6, 6.07) is -0.462. The topological polar surface area (TPSA) is 87.7 Å². The number of hydrogen-bond donors (Lipinski definition) is 2. The molecule has 1 aromatic rings. The third-order valence-electron chi connectivity index (χ3n) is 3.33. The van der Waals surface area contributed by atoms with E-state index in [1.165, 1.54) is 23.3 Å². The van der Waals surface area contributed by atoms with Gasteiger partial charge in [-0.25, -0.2) is 9.59 Å². The van der Waals surface area contributed by atoms with Crippen LogP contribution in [0.25, 0.3) is 0 Å². The summed E-state index contributed by atoms with van der Waals surface area (Å²) in [6.45, 7) is 11.2. The zero-order chi connectivity index (χ0) is 19.4. The second-order valence-corrected chi connectivity index (χ2v) is 8.02. The van der Waals surface area contributed by atoms with Crippen LogP contribution in [0.2, 0.25) is 0 Å². The van der Waals surface area contributed by atoms with Crippen LogP contribution in [0.3, 0.4) is 0 Å². The molecule has 1 rings (SSSR count). The molecule has 2 N–H and O–H groups in total. The van der Waals surface area contributed by atoms with Gasteiger partial charge in [-0.05, 0) is 47.1 Å². The Morgan fingerprint density at radius 2 is 1.80 bits per heavy atom. The first-order chi connectivity index (χ1) is 11.5. The van der Waals surface area contributed by atoms with Gasteiger partial charge in [-0.15, -0.1) is 11.3 Å². The fourth-order valence-electron chi connectivity index (χ4n) is 2.10. The number of rotatable bonds is 5. The number of ether oxygens (including phenoxy) is 1. The zero-order valence-electron chi connectivity index (χ0n) is 15.9. The molecule has 0 saturated heterocycles. The molecule has 8 heteroatoms. The maximum atomic E-state index is 12.4. The summed E-state index contributed by atoms with van der Waals surface area (Å²) in [5, 5.41) is 5.93. The van der Waals surface area contributed by atoms with E-state index in [0.29, 0.717) is 10.6 Å². The van der Waals surface area contributed by atoms with Crippen LogP contribution in [0.15, 0.2) is 0 Å². The van der Waals surface area contributed by atoms with E-state index in [9.17, 15) is 14.4 Å². The minimum absolute atomic E-state index is 0.0822. The second kappa shape index (κ2) is 8.33. The molecule has 0 aliphatic rings. The molecule has 0 radical (unpaired) electrons. The van der Waals surface area contributed by atoms with Crippen molar-refractivity contribution >= 4 is 34.2 Å². The van der Waals surface area contributed by atoms with Crippen LogP contribution in [0.4, 0.5) is 9.80 Å². The van der Waals surface area contributed by atoms with Crippen molar-refractivity contribution in [2.45, 2.75) is 47.1 Å². The van der Waals surface area contributed by atoms with Crippen LogP contribution < -0.4 is 10.6 Å². The second-order valence-electron chi connectivity index (χ2n) is 6.79.